The molecule has 2 amide bonds. The Morgan fingerprint density at radius 3 is 2.54 bits per heavy atom. The second kappa shape index (κ2) is 16.6. The van der Waals surface area contributed by atoms with Crippen molar-refractivity contribution in [2.24, 2.45) is 17.8 Å². The van der Waals surface area contributed by atoms with Crippen LogP contribution in [-0.2, 0) is 32.6 Å². The van der Waals surface area contributed by atoms with E-state index in [2.05, 4.69) is 14.5 Å². The normalized spacial score (nSPS) is 29.0. The third kappa shape index (κ3) is 8.89. The zero-order chi connectivity index (χ0) is 37.0. The molecule has 2 aromatic carbocycles. The molecule has 0 radical (unpaired) electrons. The Morgan fingerprint density at radius 2 is 1.81 bits per heavy atom. The van der Waals surface area contributed by atoms with Gasteiger partial charge in [0.15, 0.2) is 0 Å². The van der Waals surface area contributed by atoms with Crippen LogP contribution in [0.2, 0.25) is 5.02 Å². The number of halogens is 1. The van der Waals surface area contributed by atoms with Crippen molar-refractivity contribution in [1.29, 1.82) is 0 Å². The van der Waals surface area contributed by atoms with E-state index < -0.39 is 26.8 Å². The number of benzene rings is 2. The van der Waals surface area contributed by atoms with Gasteiger partial charge in [0.25, 0.3) is 5.91 Å². The van der Waals surface area contributed by atoms with Crippen molar-refractivity contribution in [2.45, 2.75) is 82.7 Å². The number of hydrogen-bond acceptors (Lipinski definition) is 9. The molecule has 5 atom stereocenters. The molecule has 0 unspecified atom stereocenters. The Bertz CT molecular complexity index is 1700. The zero-order valence-electron chi connectivity index (χ0n) is 30.8. The highest BCUT2D eigenvalue weighted by Crippen LogP contribution is 2.46. The van der Waals surface area contributed by atoms with Gasteiger partial charge in [-0.2, -0.15) is 0 Å². The molecule has 2 bridgehead atoms. The molecule has 3 aliphatic heterocycles. The molecular weight excluding hydrogens is 704 g/mol. The SMILES string of the molecule is COCC(=O)N1CCN(C[C@@]2(O)CCC[C@H](C)[C@@H](C)S(=O)(=O)NC(=O)c3ccc4c(c3)N(CCCCc3cc(Cl)ccc3CO4)C[C@@H]3CC[C@H]32)CC1. The van der Waals surface area contributed by atoms with Crippen LogP contribution in [0.3, 0.4) is 0 Å². The van der Waals surface area contributed by atoms with Crippen molar-refractivity contribution in [3.05, 3.63) is 58.1 Å². The van der Waals surface area contributed by atoms with Gasteiger partial charge in [0, 0.05) is 63.5 Å². The summed E-state index contributed by atoms with van der Waals surface area (Å²) in [6, 6.07) is 11.1. The number of carbonyl (C=O) groups is 2. The van der Waals surface area contributed by atoms with Crippen LogP contribution in [0, 0.1) is 17.8 Å². The van der Waals surface area contributed by atoms with E-state index in [9.17, 15) is 23.1 Å². The fourth-order valence-corrected chi connectivity index (χ4v) is 10.1. The van der Waals surface area contributed by atoms with Gasteiger partial charge >= 0.3 is 0 Å². The van der Waals surface area contributed by atoms with Crippen molar-refractivity contribution in [2.75, 3.05) is 64.4 Å². The second-order valence-electron chi connectivity index (χ2n) is 15.5. The van der Waals surface area contributed by atoms with Gasteiger partial charge in [-0.1, -0.05) is 31.0 Å². The first-order valence-electron chi connectivity index (χ1n) is 18.9. The fourth-order valence-electron chi connectivity index (χ4n) is 8.55. The summed E-state index contributed by atoms with van der Waals surface area (Å²) in [5.74, 6) is -0.0185. The molecule has 4 aliphatic rings. The highest BCUT2D eigenvalue weighted by Gasteiger charge is 2.48. The van der Waals surface area contributed by atoms with Crippen molar-refractivity contribution in [3.8, 4) is 5.75 Å². The highest BCUT2D eigenvalue weighted by atomic mass is 35.5. The molecule has 0 aromatic heterocycles. The van der Waals surface area contributed by atoms with Crippen LogP contribution in [0.5, 0.6) is 5.75 Å². The van der Waals surface area contributed by atoms with Crippen LogP contribution in [0.1, 0.15) is 80.3 Å². The quantitative estimate of drug-likeness (QED) is 0.449. The topological polar surface area (TPSA) is 129 Å². The predicted molar refractivity (Wildman–Crippen MR) is 202 cm³/mol. The molecular formula is C39H55ClN4O7S. The number of amides is 2. The first kappa shape index (κ1) is 38.8. The largest absolute Gasteiger partial charge is 0.487 e. The highest BCUT2D eigenvalue weighted by molar-refractivity contribution is 7.90. The zero-order valence-corrected chi connectivity index (χ0v) is 32.4. The van der Waals surface area contributed by atoms with Crippen LogP contribution < -0.4 is 14.4 Å². The molecule has 3 heterocycles. The molecule has 6 rings (SSSR count). The summed E-state index contributed by atoms with van der Waals surface area (Å²) in [5.41, 5.74) is 2.25. The summed E-state index contributed by atoms with van der Waals surface area (Å²) in [7, 11) is -2.45. The average molecular weight is 759 g/mol. The first-order chi connectivity index (χ1) is 24.9. The van der Waals surface area contributed by atoms with E-state index in [1.54, 1.807) is 25.1 Å². The van der Waals surface area contributed by atoms with Gasteiger partial charge < -0.3 is 24.4 Å². The Hall–Kier alpha value is -2.90. The molecule has 1 aliphatic carbocycles. The summed E-state index contributed by atoms with van der Waals surface area (Å²) >= 11 is 6.38. The summed E-state index contributed by atoms with van der Waals surface area (Å²) in [4.78, 5) is 32.4. The lowest BCUT2D eigenvalue weighted by atomic mass is 9.62. The van der Waals surface area contributed by atoms with Gasteiger partial charge in [0.05, 0.1) is 16.5 Å². The maximum atomic E-state index is 13.6. The molecule has 0 spiro atoms. The number of sulfonamides is 1. The Morgan fingerprint density at radius 1 is 1.02 bits per heavy atom. The van der Waals surface area contributed by atoms with E-state index >= 15 is 0 Å². The molecule has 286 valence electrons. The monoisotopic (exact) mass is 758 g/mol. The Balaban J connectivity index is 1.32. The number of anilines is 1. The van der Waals surface area contributed by atoms with Crippen LogP contribution >= 0.6 is 11.6 Å². The number of hydrogen-bond donors (Lipinski definition) is 2. The number of nitrogens with one attached hydrogen (secondary N) is 1. The van der Waals surface area contributed by atoms with Crippen molar-refractivity contribution in [1.82, 2.24) is 14.5 Å². The Kier molecular flexibility index (Phi) is 12.4. The number of carbonyl (C=O) groups excluding carboxylic acids is 2. The van der Waals surface area contributed by atoms with E-state index in [-0.39, 0.29) is 35.8 Å². The van der Waals surface area contributed by atoms with Gasteiger partial charge in [-0.25, -0.2) is 13.1 Å². The lowest BCUT2D eigenvalue weighted by molar-refractivity contribution is -0.139. The third-order valence-corrected chi connectivity index (χ3v) is 14.2. The summed E-state index contributed by atoms with van der Waals surface area (Å²) in [5, 5.41) is 12.6. The molecule has 1 saturated heterocycles. The molecule has 2 fully saturated rings. The molecule has 2 N–H and O–H groups in total. The maximum Gasteiger partial charge on any atom is 0.264 e. The third-order valence-electron chi connectivity index (χ3n) is 12.1. The average Bonchev–Trinajstić information content (AvgIpc) is 3.12. The van der Waals surface area contributed by atoms with Crippen molar-refractivity contribution >= 4 is 39.1 Å². The Labute approximate surface area is 314 Å². The molecule has 2 aromatic rings. The van der Waals surface area contributed by atoms with Crippen LogP contribution in [0.4, 0.5) is 5.69 Å². The maximum absolute atomic E-state index is 13.6. The van der Waals surface area contributed by atoms with Gasteiger partial charge in [-0.05, 0) is 111 Å². The molecule has 11 nitrogen and oxygen atoms in total. The van der Waals surface area contributed by atoms with Crippen LogP contribution in [0.15, 0.2) is 36.4 Å². The number of β-amino-alcohol motifs (C(OH)–C–C–N with tert-alkyl or cyclic N) is 1. The number of nitrogens with zero attached hydrogens (tertiary/aromatic N) is 3. The minimum absolute atomic E-state index is 0.0190. The van der Waals surface area contributed by atoms with E-state index in [0.29, 0.717) is 82.5 Å². The van der Waals surface area contributed by atoms with Crippen LogP contribution in [-0.4, -0.2) is 106 Å². The number of aliphatic hydroxyl groups is 1. The fraction of sp³-hybridized carbons (Fsp3) is 0.641. The number of piperazine rings is 1. The number of aryl methyl sites for hydroxylation is 1. The molecule has 52 heavy (non-hydrogen) atoms. The number of fused-ring (bicyclic) bond motifs is 3. The molecule has 13 heteroatoms. The van der Waals surface area contributed by atoms with Gasteiger partial charge in [-0.3, -0.25) is 14.5 Å². The number of methoxy groups -OCH3 is 1. The van der Waals surface area contributed by atoms with Crippen LogP contribution in [0.25, 0.3) is 0 Å². The smallest absolute Gasteiger partial charge is 0.264 e. The van der Waals surface area contributed by atoms with Gasteiger partial charge in [0.2, 0.25) is 15.9 Å². The minimum Gasteiger partial charge on any atom is -0.487 e. The van der Waals surface area contributed by atoms with Crippen molar-refractivity contribution in [3.63, 3.8) is 0 Å². The van der Waals surface area contributed by atoms with E-state index in [4.69, 9.17) is 21.1 Å². The lowest BCUT2D eigenvalue weighted by Crippen LogP contribution is -2.59. The summed E-state index contributed by atoms with van der Waals surface area (Å²) in [6.07, 6.45) is 6.38. The lowest BCUT2D eigenvalue weighted by Gasteiger charge is -2.51. The first-order valence-corrected chi connectivity index (χ1v) is 20.9. The molecule has 1 saturated carbocycles. The van der Waals surface area contributed by atoms with Crippen molar-refractivity contribution < 1.29 is 32.6 Å². The van der Waals surface area contributed by atoms with Gasteiger partial charge in [-0.15, -0.1) is 0 Å². The number of rotatable bonds is 4. The standard InChI is InChI=1S/C39H55ClN4O7S/c1-27-7-6-15-39(47,26-42-17-19-43(20-18-42)37(45)25-50-3)34-13-10-31(34)23-44-16-5-4-8-29-21-33(40)12-9-32(29)24-51-36-14-11-30(22-35(36)44)38(46)41-52(48,49)28(27)2/h9,11-12,14,21-22,27-28,31,34,47H,4-8,10,13,15-20,23-26H2,1-3H3,(H,41,46)/t27-,28+,31-,34+,39-/m0/s1. The summed E-state index contributed by atoms with van der Waals surface area (Å²) in [6.45, 7) is 8.38. The minimum atomic E-state index is -3.98. The predicted octanol–water partition coefficient (Wildman–Crippen LogP) is 4.88. The summed E-state index contributed by atoms with van der Waals surface area (Å²) < 4.78 is 40.9. The van der Waals surface area contributed by atoms with E-state index in [1.807, 2.05) is 30.0 Å². The number of ether oxygens (including phenoxy) is 2. The second-order valence-corrected chi connectivity index (χ2v) is 17.9. The van der Waals surface area contributed by atoms with E-state index in [1.165, 1.54) is 7.11 Å². The van der Waals surface area contributed by atoms with Gasteiger partial charge in [0.1, 0.15) is 19.0 Å². The van der Waals surface area contributed by atoms with E-state index in [0.717, 1.165) is 48.9 Å².